The van der Waals surface area contributed by atoms with Crippen molar-refractivity contribution in [3.05, 3.63) is 11.9 Å². The average molecular weight is 302 g/mol. The second-order valence-corrected chi connectivity index (χ2v) is 4.78. The lowest BCUT2D eigenvalue weighted by molar-refractivity contribution is -0.220. The van der Waals surface area contributed by atoms with Crippen LogP contribution in [0.25, 0.3) is 0 Å². The molecule has 10 nitrogen and oxygen atoms in total. The largest absolute Gasteiger partial charge is 0.394 e. The Morgan fingerprint density at radius 3 is 2.71 bits per heavy atom. The summed E-state index contributed by atoms with van der Waals surface area (Å²) in [6, 6.07) is -1.01. The highest BCUT2D eigenvalue weighted by molar-refractivity contribution is 5.73. The van der Waals surface area contributed by atoms with Crippen molar-refractivity contribution < 1.29 is 30.0 Å². The van der Waals surface area contributed by atoms with E-state index in [9.17, 15) is 25.2 Å². The Kier molecular flexibility index (Phi) is 4.85. The SMILES string of the molecule is CC(=O)N[C@@H]1[C@@H](O)[C@H](O)[C@@H](CO)O[C@H]1n1nncc1CO. The van der Waals surface area contributed by atoms with E-state index in [0.717, 1.165) is 0 Å². The highest BCUT2D eigenvalue weighted by Crippen LogP contribution is 2.28. The van der Waals surface area contributed by atoms with Crippen LogP contribution in [0.1, 0.15) is 18.8 Å². The first-order valence-corrected chi connectivity index (χ1v) is 6.39. The zero-order valence-corrected chi connectivity index (χ0v) is 11.3. The smallest absolute Gasteiger partial charge is 0.217 e. The van der Waals surface area contributed by atoms with Crippen LogP contribution in [0.2, 0.25) is 0 Å². The molecule has 5 atom stereocenters. The minimum absolute atomic E-state index is 0.302. The van der Waals surface area contributed by atoms with Crippen molar-refractivity contribution in [3.8, 4) is 0 Å². The van der Waals surface area contributed by atoms with Crippen LogP contribution < -0.4 is 5.32 Å². The van der Waals surface area contributed by atoms with E-state index in [2.05, 4.69) is 15.6 Å². The van der Waals surface area contributed by atoms with E-state index in [-0.39, 0.29) is 6.61 Å². The molecule has 2 heterocycles. The molecule has 1 aliphatic heterocycles. The number of aliphatic hydroxyl groups is 4. The summed E-state index contributed by atoms with van der Waals surface area (Å²) < 4.78 is 6.69. The Bertz CT molecular complexity index is 495. The maximum absolute atomic E-state index is 11.3. The van der Waals surface area contributed by atoms with Gasteiger partial charge in [0.15, 0.2) is 6.23 Å². The zero-order valence-electron chi connectivity index (χ0n) is 11.3. The molecule has 21 heavy (non-hydrogen) atoms. The fourth-order valence-electron chi connectivity index (χ4n) is 2.29. The molecule has 0 saturated carbocycles. The molecule has 0 spiro atoms. The van der Waals surface area contributed by atoms with Crippen LogP contribution in [0.15, 0.2) is 6.20 Å². The standard InChI is InChI=1S/C11H18N4O6/c1-5(18)13-8-10(20)9(19)7(4-17)21-11(8)15-6(3-16)2-12-14-15/h2,7-11,16-17,19-20H,3-4H2,1H3,(H,13,18)/t7-,8-,9-,10-,11-/m1/s1. The molecule has 10 heteroatoms. The Morgan fingerprint density at radius 2 is 2.14 bits per heavy atom. The molecular weight excluding hydrogens is 284 g/mol. The molecule has 1 aliphatic rings. The first-order chi connectivity index (χ1) is 9.99. The Morgan fingerprint density at radius 1 is 1.43 bits per heavy atom. The lowest BCUT2D eigenvalue weighted by atomic mass is 9.96. The molecule has 0 radical (unpaired) electrons. The molecule has 1 amide bonds. The lowest BCUT2D eigenvalue weighted by Gasteiger charge is -2.42. The van der Waals surface area contributed by atoms with Gasteiger partial charge in [-0.2, -0.15) is 0 Å². The fourth-order valence-corrected chi connectivity index (χ4v) is 2.29. The molecule has 1 aromatic rings. The summed E-state index contributed by atoms with van der Waals surface area (Å²) in [6.45, 7) is 0.356. The first kappa shape index (κ1) is 15.8. The summed E-state index contributed by atoms with van der Waals surface area (Å²) in [5, 5.41) is 48.3. The average Bonchev–Trinajstić information content (AvgIpc) is 2.92. The van der Waals surface area contributed by atoms with Crippen LogP contribution in [0.4, 0.5) is 0 Å². The van der Waals surface area contributed by atoms with Crippen molar-refractivity contribution in [1.82, 2.24) is 20.3 Å². The predicted molar refractivity (Wildman–Crippen MR) is 66.6 cm³/mol. The molecule has 0 aliphatic carbocycles. The van der Waals surface area contributed by atoms with Gasteiger partial charge in [0, 0.05) is 6.92 Å². The first-order valence-electron chi connectivity index (χ1n) is 6.39. The summed E-state index contributed by atoms with van der Waals surface area (Å²) in [5.74, 6) is -0.437. The number of carbonyl (C=O) groups excluding carboxylic acids is 1. The fraction of sp³-hybridized carbons (Fsp3) is 0.727. The van der Waals surface area contributed by atoms with E-state index in [0.29, 0.717) is 5.69 Å². The van der Waals surface area contributed by atoms with Crippen LogP contribution in [0, 0.1) is 0 Å². The molecule has 1 aromatic heterocycles. The Balaban J connectivity index is 2.35. The number of ether oxygens (including phenoxy) is 1. The summed E-state index contributed by atoms with van der Waals surface area (Å²) in [7, 11) is 0. The monoisotopic (exact) mass is 302 g/mol. The van der Waals surface area contributed by atoms with Crippen molar-refractivity contribution in [1.29, 1.82) is 0 Å². The second kappa shape index (κ2) is 6.45. The summed E-state index contributed by atoms with van der Waals surface area (Å²) in [5.41, 5.74) is 0.302. The third-order valence-corrected chi connectivity index (χ3v) is 3.32. The van der Waals surface area contributed by atoms with Gasteiger partial charge in [0.05, 0.1) is 25.1 Å². The summed E-state index contributed by atoms with van der Waals surface area (Å²) in [6.07, 6.45) is -3.51. The number of hydrogen-bond acceptors (Lipinski definition) is 8. The normalized spacial score (nSPS) is 32.9. The number of carbonyl (C=O) groups is 1. The lowest BCUT2D eigenvalue weighted by Crippen LogP contribution is -2.62. The van der Waals surface area contributed by atoms with Gasteiger partial charge in [-0.3, -0.25) is 4.79 Å². The van der Waals surface area contributed by atoms with Crippen molar-refractivity contribution >= 4 is 5.91 Å². The highest BCUT2D eigenvalue weighted by Gasteiger charge is 2.46. The molecule has 5 N–H and O–H groups in total. The molecule has 0 unspecified atom stereocenters. The second-order valence-electron chi connectivity index (χ2n) is 4.78. The summed E-state index contributed by atoms with van der Waals surface area (Å²) >= 11 is 0. The number of amides is 1. The maximum Gasteiger partial charge on any atom is 0.217 e. The van der Waals surface area contributed by atoms with Gasteiger partial charge < -0.3 is 30.5 Å². The van der Waals surface area contributed by atoms with Gasteiger partial charge in [0.2, 0.25) is 5.91 Å². The summed E-state index contributed by atoms with van der Waals surface area (Å²) in [4.78, 5) is 11.3. The predicted octanol–water partition coefficient (Wildman–Crippen LogP) is -3.11. The molecule has 0 bridgehead atoms. The van der Waals surface area contributed by atoms with E-state index < -0.39 is 43.1 Å². The van der Waals surface area contributed by atoms with Crippen molar-refractivity contribution in [3.63, 3.8) is 0 Å². The van der Waals surface area contributed by atoms with Gasteiger partial charge in [0.1, 0.15) is 24.4 Å². The highest BCUT2D eigenvalue weighted by atomic mass is 16.5. The number of rotatable bonds is 4. The van der Waals surface area contributed by atoms with Crippen molar-refractivity contribution in [2.24, 2.45) is 0 Å². The number of nitrogens with one attached hydrogen (secondary N) is 1. The van der Waals surface area contributed by atoms with Gasteiger partial charge in [-0.15, -0.1) is 5.10 Å². The van der Waals surface area contributed by atoms with Crippen LogP contribution in [-0.2, 0) is 16.1 Å². The zero-order chi connectivity index (χ0) is 15.6. The molecule has 1 saturated heterocycles. The maximum atomic E-state index is 11.3. The molecule has 118 valence electrons. The molecule has 1 fully saturated rings. The van der Waals surface area contributed by atoms with Gasteiger partial charge in [-0.05, 0) is 0 Å². The quantitative estimate of drug-likeness (QED) is 0.392. The Hall–Kier alpha value is -1.59. The topological polar surface area (TPSA) is 150 Å². The van der Waals surface area contributed by atoms with E-state index in [1.807, 2.05) is 0 Å². The molecular formula is C11H18N4O6. The molecule has 0 aromatic carbocycles. The van der Waals surface area contributed by atoms with E-state index >= 15 is 0 Å². The number of aromatic nitrogens is 3. The number of aliphatic hydroxyl groups excluding tert-OH is 4. The van der Waals surface area contributed by atoms with Gasteiger partial charge in [-0.25, -0.2) is 4.68 Å². The minimum atomic E-state index is -1.37. The third-order valence-electron chi connectivity index (χ3n) is 3.32. The van der Waals surface area contributed by atoms with Crippen molar-refractivity contribution in [2.75, 3.05) is 6.61 Å². The van der Waals surface area contributed by atoms with Gasteiger partial charge in [-0.1, -0.05) is 5.21 Å². The number of nitrogens with zero attached hydrogens (tertiary/aromatic N) is 3. The van der Waals surface area contributed by atoms with Gasteiger partial charge in [0.25, 0.3) is 0 Å². The van der Waals surface area contributed by atoms with E-state index in [1.54, 1.807) is 0 Å². The van der Waals surface area contributed by atoms with E-state index in [4.69, 9.17) is 4.74 Å². The Labute approximate surface area is 120 Å². The number of hydrogen-bond donors (Lipinski definition) is 5. The van der Waals surface area contributed by atoms with Gasteiger partial charge >= 0.3 is 0 Å². The van der Waals surface area contributed by atoms with Crippen LogP contribution in [0.3, 0.4) is 0 Å². The van der Waals surface area contributed by atoms with Crippen LogP contribution >= 0.6 is 0 Å². The molecule has 2 rings (SSSR count). The van der Waals surface area contributed by atoms with Crippen molar-refractivity contribution in [2.45, 2.75) is 44.1 Å². The van der Waals surface area contributed by atoms with Crippen LogP contribution in [-0.4, -0.2) is 72.3 Å². The van der Waals surface area contributed by atoms with Crippen LogP contribution in [0.5, 0.6) is 0 Å². The minimum Gasteiger partial charge on any atom is -0.394 e. The third kappa shape index (κ3) is 3.04. The van der Waals surface area contributed by atoms with E-state index in [1.165, 1.54) is 17.8 Å².